The fourth-order valence-corrected chi connectivity index (χ4v) is 3.85. The Morgan fingerprint density at radius 2 is 1.78 bits per heavy atom. The molecule has 0 aromatic carbocycles. The van der Waals surface area contributed by atoms with Crippen molar-refractivity contribution >= 4 is 61.2 Å². The van der Waals surface area contributed by atoms with E-state index in [4.69, 9.17) is 26.2 Å². The first kappa shape index (κ1) is 27.6. The molecule has 0 aromatic rings. The van der Waals surface area contributed by atoms with Crippen LogP contribution in [0.2, 0.25) is 0 Å². The van der Waals surface area contributed by atoms with Crippen molar-refractivity contribution in [1.29, 1.82) is 0 Å². The zero-order chi connectivity index (χ0) is 24.5. The predicted octanol–water partition coefficient (Wildman–Crippen LogP) is 1.83. The number of halogens is 5. The molecule has 10 nitrogen and oxygen atoms in total. The van der Waals surface area contributed by atoms with Crippen molar-refractivity contribution in [1.82, 2.24) is 5.32 Å². The van der Waals surface area contributed by atoms with E-state index in [-0.39, 0.29) is 24.1 Å². The number of hydrogen-bond acceptors (Lipinski definition) is 6. The summed E-state index contributed by atoms with van der Waals surface area (Å²) in [6.45, 7) is 1.12. The molecule has 0 atom stereocenters. The summed E-state index contributed by atoms with van der Waals surface area (Å²) < 4.78 is 32.5. The van der Waals surface area contributed by atoms with Crippen molar-refractivity contribution in [2.45, 2.75) is 37.5 Å². The van der Waals surface area contributed by atoms with Crippen LogP contribution in [0.1, 0.15) is 25.7 Å². The summed E-state index contributed by atoms with van der Waals surface area (Å²) in [6.07, 6.45) is 0.988. The molecule has 2 rings (SSSR count). The van der Waals surface area contributed by atoms with Crippen LogP contribution < -0.4 is 16.8 Å². The van der Waals surface area contributed by atoms with E-state index in [2.05, 4.69) is 47.3 Å². The number of carbonyl (C=O) groups excluding carboxylic acids is 2. The molecular formula is C17H20Br2F3N5O5. The van der Waals surface area contributed by atoms with Crippen molar-refractivity contribution in [2.24, 2.45) is 21.6 Å². The summed E-state index contributed by atoms with van der Waals surface area (Å²) in [6, 6.07) is 0. The van der Waals surface area contributed by atoms with Crippen LogP contribution in [0.5, 0.6) is 0 Å². The maximum Gasteiger partial charge on any atom is 0.490 e. The molecule has 1 heterocycles. The monoisotopic (exact) mass is 589 g/mol. The number of unbranched alkanes of at least 4 members (excludes halogenated alkanes) is 2. The molecule has 6 N–H and O–H groups in total. The van der Waals surface area contributed by atoms with Gasteiger partial charge in [0.25, 0.3) is 5.91 Å². The quantitative estimate of drug-likeness (QED) is 0.199. The number of carboxylic acid groups (broad SMARTS) is 1. The van der Waals surface area contributed by atoms with Gasteiger partial charge in [0.2, 0.25) is 5.78 Å². The summed E-state index contributed by atoms with van der Waals surface area (Å²) in [4.78, 5) is 42.1. The van der Waals surface area contributed by atoms with Crippen LogP contribution in [0.3, 0.4) is 0 Å². The van der Waals surface area contributed by atoms with Crippen molar-refractivity contribution < 1.29 is 37.5 Å². The second kappa shape index (κ2) is 12.0. The molecule has 0 bridgehead atoms. The number of rotatable bonds is 7. The maximum atomic E-state index is 12.2. The van der Waals surface area contributed by atoms with Crippen LogP contribution in [-0.2, 0) is 19.2 Å². The molecule has 1 amide bonds. The Morgan fingerprint density at radius 3 is 2.28 bits per heavy atom. The lowest BCUT2D eigenvalue weighted by Gasteiger charge is -2.23. The van der Waals surface area contributed by atoms with E-state index in [0.29, 0.717) is 27.8 Å². The number of oxime groups is 1. The summed E-state index contributed by atoms with van der Waals surface area (Å²) >= 11 is 6.40. The summed E-state index contributed by atoms with van der Waals surface area (Å²) in [5.74, 6) is -3.11. The number of aliphatic imine (C=N–C) groups is 1. The number of alkyl halides is 3. The lowest BCUT2D eigenvalue weighted by molar-refractivity contribution is -0.192. The highest BCUT2D eigenvalue weighted by molar-refractivity contribution is 9.13. The van der Waals surface area contributed by atoms with E-state index in [1.165, 1.54) is 0 Å². The van der Waals surface area contributed by atoms with E-state index >= 15 is 0 Å². The number of nitrogens with zero attached hydrogens (tertiary/aromatic N) is 2. The molecule has 1 aliphatic heterocycles. The van der Waals surface area contributed by atoms with Crippen LogP contribution in [0.25, 0.3) is 0 Å². The average Bonchev–Trinajstić information content (AvgIpc) is 3.08. The number of nitrogens with two attached hydrogens (primary N) is 2. The lowest BCUT2D eigenvalue weighted by atomic mass is 9.92. The van der Waals surface area contributed by atoms with E-state index in [1.807, 2.05) is 0 Å². The average molecular weight is 591 g/mol. The third kappa shape index (κ3) is 8.98. The molecule has 1 aliphatic carbocycles. The molecule has 0 fully saturated rings. The number of aliphatic carboxylic acids is 1. The minimum atomic E-state index is -5.08. The Morgan fingerprint density at radius 1 is 1.22 bits per heavy atom. The number of guanidine groups is 1. The molecule has 0 saturated heterocycles. The normalized spacial score (nSPS) is 16.7. The van der Waals surface area contributed by atoms with Gasteiger partial charge in [0.15, 0.2) is 11.6 Å². The van der Waals surface area contributed by atoms with Gasteiger partial charge in [-0.05, 0) is 63.3 Å². The van der Waals surface area contributed by atoms with Gasteiger partial charge in [0.05, 0.1) is 8.96 Å². The van der Waals surface area contributed by atoms with Gasteiger partial charge in [-0.2, -0.15) is 13.2 Å². The first-order chi connectivity index (χ1) is 14.8. The number of nitrogens with one attached hydrogen (secondary N) is 1. The summed E-state index contributed by atoms with van der Waals surface area (Å²) in [5.41, 5.74) is 9.87. The summed E-state index contributed by atoms with van der Waals surface area (Å²) in [5, 5.41) is 13.8. The highest BCUT2D eigenvalue weighted by atomic mass is 79.9. The van der Waals surface area contributed by atoms with Gasteiger partial charge < -0.3 is 26.7 Å². The van der Waals surface area contributed by atoms with Crippen molar-refractivity contribution in [3.05, 3.63) is 21.1 Å². The number of allylic oxidation sites excluding steroid dienone is 2. The third-order valence-electron chi connectivity index (χ3n) is 3.86. The largest absolute Gasteiger partial charge is 0.490 e. The van der Waals surface area contributed by atoms with Crippen molar-refractivity contribution in [3.63, 3.8) is 0 Å². The molecule has 0 radical (unpaired) electrons. The van der Waals surface area contributed by atoms with Gasteiger partial charge in [-0.1, -0.05) is 5.16 Å². The van der Waals surface area contributed by atoms with Crippen LogP contribution in [0.4, 0.5) is 13.2 Å². The summed E-state index contributed by atoms with van der Waals surface area (Å²) in [7, 11) is 0. The number of Topliss-reactive ketones (excluding diaryl/α,β-unsaturated/α-hetero) is 1. The minimum absolute atomic E-state index is 0.0901. The van der Waals surface area contributed by atoms with Gasteiger partial charge >= 0.3 is 12.1 Å². The zero-order valence-corrected chi connectivity index (χ0v) is 19.6. The Bertz CT molecular complexity index is 845. The standard InChI is InChI=1S/C15H19Br2N5O3.C2HF3O2/c16-9-6-15(7-10(17)12(9)23)8-11(22-25-15)13(24)20-4-2-1-3-5-21-14(18)19;3-2(4,5)1(6)7/h6-7H,1-5,8H2,(H,20,24)(H4,18,19,21);(H,6,7). The molecule has 32 heavy (non-hydrogen) atoms. The van der Waals surface area contributed by atoms with Crippen LogP contribution in [0, 0.1) is 0 Å². The SMILES string of the molecule is NC(N)=NCCCCCNC(=O)C1=NOC2(C=C(Br)C(=O)C(Br)=C2)C1.O=C(O)C(F)(F)F. The highest BCUT2D eigenvalue weighted by Crippen LogP contribution is 2.37. The Hall–Kier alpha value is -2.42. The van der Waals surface area contributed by atoms with Crippen LogP contribution >= 0.6 is 31.9 Å². The van der Waals surface area contributed by atoms with Gasteiger partial charge in [-0.3, -0.25) is 14.6 Å². The van der Waals surface area contributed by atoms with Crippen molar-refractivity contribution in [3.8, 4) is 0 Å². The fraction of sp³-hybridized carbons (Fsp3) is 0.471. The van der Waals surface area contributed by atoms with E-state index in [1.54, 1.807) is 12.2 Å². The van der Waals surface area contributed by atoms with Gasteiger partial charge in [-0.15, -0.1) is 0 Å². The number of carboxylic acids is 1. The molecule has 1 spiro atoms. The fourth-order valence-electron chi connectivity index (χ4n) is 2.38. The molecule has 0 saturated carbocycles. The molecular weight excluding hydrogens is 571 g/mol. The predicted molar refractivity (Wildman–Crippen MR) is 116 cm³/mol. The topological polar surface area (TPSA) is 169 Å². The Labute approximate surface area is 197 Å². The number of carbonyl (C=O) groups is 3. The first-order valence-corrected chi connectivity index (χ1v) is 10.6. The molecule has 0 unspecified atom stereocenters. The van der Waals surface area contributed by atoms with Gasteiger partial charge in [0, 0.05) is 19.5 Å². The minimum Gasteiger partial charge on any atom is -0.475 e. The third-order valence-corrected chi connectivity index (χ3v) is 5.04. The second-order valence-electron chi connectivity index (χ2n) is 6.50. The Balaban J connectivity index is 0.000000633. The van der Waals surface area contributed by atoms with Gasteiger partial charge in [0.1, 0.15) is 5.71 Å². The number of amides is 1. The van der Waals surface area contributed by atoms with Crippen molar-refractivity contribution in [2.75, 3.05) is 13.1 Å². The molecule has 178 valence electrons. The smallest absolute Gasteiger partial charge is 0.475 e. The van der Waals surface area contributed by atoms with E-state index in [0.717, 1.165) is 19.3 Å². The van der Waals surface area contributed by atoms with Crippen LogP contribution in [0.15, 0.2) is 31.3 Å². The maximum absolute atomic E-state index is 12.2. The lowest BCUT2D eigenvalue weighted by Crippen LogP contribution is -2.35. The first-order valence-electron chi connectivity index (χ1n) is 8.97. The highest BCUT2D eigenvalue weighted by Gasteiger charge is 2.42. The number of ketones is 1. The molecule has 0 aromatic heterocycles. The Kier molecular flexibility index (Phi) is 10.3. The number of hydrogen-bond donors (Lipinski definition) is 4. The second-order valence-corrected chi connectivity index (χ2v) is 8.21. The van der Waals surface area contributed by atoms with Crippen LogP contribution in [-0.4, -0.2) is 59.3 Å². The van der Waals surface area contributed by atoms with E-state index < -0.39 is 17.7 Å². The van der Waals surface area contributed by atoms with Gasteiger partial charge in [-0.25, -0.2) is 4.79 Å². The molecule has 15 heteroatoms. The molecule has 2 aliphatic rings. The van der Waals surface area contributed by atoms with E-state index in [9.17, 15) is 22.8 Å². The zero-order valence-electron chi connectivity index (χ0n) is 16.4.